The van der Waals surface area contributed by atoms with Gasteiger partial charge in [-0.15, -0.1) is 0 Å². The van der Waals surface area contributed by atoms with Crippen molar-refractivity contribution in [3.63, 3.8) is 0 Å². The van der Waals surface area contributed by atoms with E-state index in [9.17, 15) is 18.7 Å². The lowest BCUT2D eigenvalue weighted by molar-refractivity contribution is -0.294. The highest BCUT2D eigenvalue weighted by molar-refractivity contribution is 5.64. The van der Waals surface area contributed by atoms with Crippen LogP contribution in [0.3, 0.4) is 0 Å². The SMILES string of the molecule is O=C([O-])N1C(N2CCC(F)(F)CC2)CC2(CCCC2)N1C(c1ccccc1)(c1ccccc1)c1ccccc1. The van der Waals surface area contributed by atoms with Crippen LogP contribution in [0.15, 0.2) is 91.0 Å². The van der Waals surface area contributed by atoms with Crippen LogP contribution < -0.4 is 5.11 Å². The summed E-state index contributed by atoms with van der Waals surface area (Å²) < 4.78 is 28.3. The van der Waals surface area contributed by atoms with E-state index in [-0.39, 0.29) is 25.9 Å². The zero-order chi connectivity index (χ0) is 27.1. The quantitative estimate of drug-likeness (QED) is 0.402. The van der Waals surface area contributed by atoms with E-state index in [0.29, 0.717) is 6.42 Å². The molecule has 1 aliphatic carbocycles. The number of hydrazine groups is 1. The number of amides is 1. The van der Waals surface area contributed by atoms with E-state index in [2.05, 4.69) is 41.4 Å². The van der Waals surface area contributed by atoms with Crippen LogP contribution in [0.1, 0.15) is 61.6 Å². The Morgan fingerprint density at radius 3 is 1.59 bits per heavy atom. The molecule has 1 amide bonds. The van der Waals surface area contributed by atoms with E-state index in [1.807, 2.05) is 59.5 Å². The summed E-state index contributed by atoms with van der Waals surface area (Å²) in [6.45, 7) is 0.306. The second-order valence-corrected chi connectivity index (χ2v) is 11.2. The molecule has 204 valence electrons. The number of carbonyl (C=O) groups excluding carboxylic acids is 1. The van der Waals surface area contributed by atoms with Crippen molar-refractivity contribution in [3.8, 4) is 0 Å². The van der Waals surface area contributed by atoms with Gasteiger partial charge >= 0.3 is 0 Å². The molecule has 5 nitrogen and oxygen atoms in total. The van der Waals surface area contributed by atoms with Crippen molar-refractivity contribution in [1.29, 1.82) is 0 Å². The first-order valence-electron chi connectivity index (χ1n) is 14.0. The summed E-state index contributed by atoms with van der Waals surface area (Å²) in [6.07, 6.45) is 1.77. The molecule has 3 aromatic rings. The van der Waals surface area contributed by atoms with Gasteiger partial charge in [-0.2, -0.15) is 5.01 Å². The van der Waals surface area contributed by atoms with Gasteiger partial charge in [-0.1, -0.05) is 104 Å². The standard InChI is InChI=1S/C32H35F2N3O2/c33-31(34)20-22-35(23-21-31)28-24-30(18-10-11-19-30)37(36(28)29(38)39)32(25-12-4-1-5-13-25,26-14-6-2-7-15-26)27-16-8-3-9-17-27/h1-9,12-17,28H,10-11,18-24H2,(H,38,39)/p-1. The number of benzene rings is 3. The van der Waals surface area contributed by atoms with Crippen LogP contribution in [0.5, 0.6) is 0 Å². The monoisotopic (exact) mass is 530 g/mol. The molecule has 7 heteroatoms. The van der Waals surface area contributed by atoms with Crippen LogP contribution in [0.4, 0.5) is 13.6 Å². The number of piperidine rings is 1. The van der Waals surface area contributed by atoms with Gasteiger partial charge in [-0.25, -0.2) is 8.78 Å². The third-order valence-electron chi connectivity index (χ3n) is 9.07. The highest BCUT2D eigenvalue weighted by Crippen LogP contribution is 2.56. The predicted molar refractivity (Wildman–Crippen MR) is 144 cm³/mol. The molecular formula is C32H34F2N3O2-. The van der Waals surface area contributed by atoms with E-state index in [4.69, 9.17) is 0 Å². The molecule has 2 aliphatic heterocycles. The molecule has 1 atom stereocenters. The van der Waals surface area contributed by atoms with Crippen LogP contribution in [-0.4, -0.2) is 51.7 Å². The topological polar surface area (TPSA) is 49.9 Å². The third-order valence-corrected chi connectivity index (χ3v) is 9.07. The molecule has 3 aromatic carbocycles. The van der Waals surface area contributed by atoms with Crippen molar-refractivity contribution in [2.45, 2.75) is 68.1 Å². The molecule has 1 saturated carbocycles. The molecule has 1 spiro atoms. The summed E-state index contributed by atoms with van der Waals surface area (Å²) in [6, 6.07) is 30.2. The minimum absolute atomic E-state index is 0.153. The maximum atomic E-state index is 14.2. The number of hydrogen-bond donors (Lipinski definition) is 0. The number of halogens is 2. The first kappa shape index (κ1) is 26.0. The molecular weight excluding hydrogens is 496 g/mol. The first-order valence-corrected chi connectivity index (χ1v) is 14.0. The Balaban J connectivity index is 1.62. The normalized spacial score (nSPS) is 23.3. The molecule has 39 heavy (non-hydrogen) atoms. The fourth-order valence-corrected chi connectivity index (χ4v) is 7.38. The van der Waals surface area contributed by atoms with Crippen molar-refractivity contribution < 1.29 is 18.7 Å². The van der Waals surface area contributed by atoms with Crippen LogP contribution in [-0.2, 0) is 5.54 Å². The number of carbonyl (C=O) groups is 1. The highest BCUT2D eigenvalue weighted by atomic mass is 19.3. The Morgan fingerprint density at radius 2 is 1.18 bits per heavy atom. The Morgan fingerprint density at radius 1 is 0.744 bits per heavy atom. The highest BCUT2D eigenvalue weighted by Gasteiger charge is 2.62. The van der Waals surface area contributed by atoms with Crippen LogP contribution >= 0.6 is 0 Å². The predicted octanol–water partition coefficient (Wildman–Crippen LogP) is 5.61. The summed E-state index contributed by atoms with van der Waals surface area (Å²) in [4.78, 5) is 15.2. The van der Waals surface area contributed by atoms with E-state index >= 15 is 0 Å². The summed E-state index contributed by atoms with van der Waals surface area (Å²) >= 11 is 0. The lowest BCUT2D eigenvalue weighted by Crippen LogP contribution is -2.66. The van der Waals surface area contributed by atoms with Crippen molar-refractivity contribution in [3.05, 3.63) is 108 Å². The minimum Gasteiger partial charge on any atom is -0.529 e. The smallest absolute Gasteiger partial charge is 0.250 e. The molecule has 0 N–H and O–H groups in total. The first-order chi connectivity index (χ1) is 18.9. The summed E-state index contributed by atoms with van der Waals surface area (Å²) in [5.74, 6) is -2.71. The molecule has 0 bridgehead atoms. The van der Waals surface area contributed by atoms with E-state index in [0.717, 1.165) is 42.4 Å². The van der Waals surface area contributed by atoms with Gasteiger partial charge in [0, 0.05) is 37.9 Å². The third kappa shape index (κ3) is 4.32. The lowest BCUT2D eigenvalue weighted by Gasteiger charge is -2.54. The zero-order valence-electron chi connectivity index (χ0n) is 22.0. The van der Waals surface area contributed by atoms with E-state index in [1.165, 1.54) is 5.01 Å². The van der Waals surface area contributed by atoms with Gasteiger partial charge < -0.3 is 9.90 Å². The van der Waals surface area contributed by atoms with Crippen LogP contribution in [0.25, 0.3) is 0 Å². The largest absolute Gasteiger partial charge is 0.529 e. The molecule has 3 fully saturated rings. The van der Waals surface area contributed by atoms with Crippen LogP contribution in [0, 0.1) is 0 Å². The lowest BCUT2D eigenvalue weighted by atomic mass is 9.73. The maximum absolute atomic E-state index is 14.2. The fraction of sp³-hybridized carbons (Fsp3) is 0.406. The number of alkyl halides is 2. The molecule has 2 saturated heterocycles. The summed E-state index contributed by atoms with van der Waals surface area (Å²) in [5.41, 5.74) is 1.39. The average molecular weight is 531 g/mol. The number of likely N-dealkylation sites (tertiary alicyclic amines) is 1. The molecule has 1 unspecified atom stereocenters. The van der Waals surface area contributed by atoms with Crippen molar-refractivity contribution >= 4 is 6.09 Å². The number of nitrogens with zero attached hydrogens (tertiary/aromatic N) is 3. The van der Waals surface area contributed by atoms with Gasteiger partial charge in [0.05, 0.1) is 0 Å². The maximum Gasteiger partial charge on any atom is 0.250 e. The average Bonchev–Trinajstić information content (AvgIpc) is 3.56. The molecule has 2 heterocycles. The van der Waals surface area contributed by atoms with Crippen molar-refractivity contribution in [2.24, 2.45) is 0 Å². The van der Waals surface area contributed by atoms with Gasteiger partial charge in [0.25, 0.3) is 5.92 Å². The second kappa shape index (κ2) is 10.0. The molecule has 3 aliphatic rings. The van der Waals surface area contributed by atoms with Gasteiger partial charge in [0.1, 0.15) is 11.7 Å². The molecule has 0 aromatic heterocycles. The Hall–Kier alpha value is -3.29. The Labute approximate surface area is 228 Å². The Bertz CT molecular complexity index is 1180. The van der Waals surface area contributed by atoms with Gasteiger partial charge in [0.2, 0.25) is 0 Å². The van der Waals surface area contributed by atoms with Crippen molar-refractivity contribution in [2.75, 3.05) is 13.1 Å². The molecule has 6 rings (SSSR count). The van der Waals surface area contributed by atoms with Crippen molar-refractivity contribution in [1.82, 2.24) is 14.9 Å². The number of rotatable bonds is 5. The number of carboxylic acid groups (broad SMARTS) is 1. The Kier molecular flexibility index (Phi) is 6.68. The molecule has 0 radical (unpaired) electrons. The minimum atomic E-state index is -2.71. The summed E-state index contributed by atoms with van der Waals surface area (Å²) in [5, 5.41) is 16.8. The fourth-order valence-electron chi connectivity index (χ4n) is 7.38. The van der Waals surface area contributed by atoms with E-state index < -0.39 is 29.3 Å². The second-order valence-electron chi connectivity index (χ2n) is 11.2. The van der Waals surface area contributed by atoms with Gasteiger partial charge in [-0.05, 0) is 29.5 Å². The zero-order valence-corrected chi connectivity index (χ0v) is 22.0. The van der Waals surface area contributed by atoms with E-state index in [1.54, 1.807) is 0 Å². The number of hydrogen-bond acceptors (Lipinski definition) is 4. The van der Waals surface area contributed by atoms with Crippen LogP contribution in [0.2, 0.25) is 0 Å². The van der Waals surface area contributed by atoms with Gasteiger partial charge in [0.15, 0.2) is 6.09 Å². The summed E-state index contributed by atoms with van der Waals surface area (Å²) in [7, 11) is 0. The van der Waals surface area contributed by atoms with Gasteiger partial charge in [-0.3, -0.25) is 9.91 Å².